The van der Waals surface area contributed by atoms with Gasteiger partial charge in [0.2, 0.25) is 0 Å². The fourth-order valence-corrected chi connectivity index (χ4v) is 2.92. The van der Waals surface area contributed by atoms with Gasteiger partial charge in [-0.3, -0.25) is 0 Å². The molecule has 2 N–H and O–H groups in total. The molecule has 0 fully saturated rings. The molecule has 0 spiro atoms. The highest BCUT2D eigenvalue weighted by Crippen LogP contribution is 2.26. The van der Waals surface area contributed by atoms with Crippen molar-refractivity contribution in [3.63, 3.8) is 0 Å². The molecule has 0 saturated carbocycles. The Labute approximate surface area is 150 Å². The molecule has 1 heterocycles. The third-order valence-corrected chi connectivity index (χ3v) is 4.31. The molecule has 0 amide bonds. The summed E-state index contributed by atoms with van der Waals surface area (Å²) in [4.78, 5) is 3.91. The van der Waals surface area contributed by atoms with Crippen molar-refractivity contribution in [1.82, 2.24) is 20.1 Å². The Balaban J connectivity index is 1.66. The van der Waals surface area contributed by atoms with Crippen LogP contribution < -0.4 is 5.32 Å². The standard InChI is InChI=1S/C18H18ClFN4O/c1-12(22-9-18(25)13-3-2-4-14(20)7-13)16-6-5-15(8-17(16)19)24-11-21-10-23-24/h2-8,10-12,18,22,25H,9H2,1H3. The quantitative estimate of drug-likeness (QED) is 0.706. The molecule has 0 saturated heterocycles. The normalized spacial score (nSPS) is 13.6. The van der Waals surface area contributed by atoms with Crippen LogP contribution in [0.2, 0.25) is 5.02 Å². The second-order valence-corrected chi connectivity index (χ2v) is 6.15. The van der Waals surface area contributed by atoms with Crippen molar-refractivity contribution in [2.75, 3.05) is 6.54 Å². The van der Waals surface area contributed by atoms with Crippen molar-refractivity contribution in [2.45, 2.75) is 19.1 Å². The van der Waals surface area contributed by atoms with E-state index in [1.807, 2.05) is 25.1 Å². The van der Waals surface area contributed by atoms with Crippen molar-refractivity contribution < 1.29 is 9.50 Å². The van der Waals surface area contributed by atoms with Gasteiger partial charge in [0.15, 0.2) is 0 Å². The molecular formula is C18H18ClFN4O. The first-order chi connectivity index (χ1) is 12.0. The number of nitrogens with zero attached hydrogens (tertiary/aromatic N) is 3. The minimum Gasteiger partial charge on any atom is -0.387 e. The number of benzene rings is 2. The molecule has 1 aromatic heterocycles. The van der Waals surface area contributed by atoms with E-state index >= 15 is 0 Å². The first-order valence-corrected chi connectivity index (χ1v) is 8.24. The Morgan fingerprint density at radius 1 is 1.28 bits per heavy atom. The molecule has 0 aliphatic rings. The minimum atomic E-state index is -0.800. The summed E-state index contributed by atoms with van der Waals surface area (Å²) < 4.78 is 14.9. The van der Waals surface area contributed by atoms with E-state index in [9.17, 15) is 9.50 Å². The monoisotopic (exact) mass is 360 g/mol. The summed E-state index contributed by atoms with van der Waals surface area (Å²) in [5, 5.41) is 18.1. The first-order valence-electron chi connectivity index (χ1n) is 7.86. The maximum atomic E-state index is 13.2. The van der Waals surface area contributed by atoms with E-state index in [1.165, 1.54) is 18.5 Å². The molecule has 0 radical (unpaired) electrons. The number of hydrogen-bond acceptors (Lipinski definition) is 4. The molecule has 2 aromatic carbocycles. The lowest BCUT2D eigenvalue weighted by Gasteiger charge is -2.19. The van der Waals surface area contributed by atoms with Gasteiger partial charge in [-0.25, -0.2) is 14.1 Å². The molecule has 3 rings (SSSR count). The summed E-state index contributed by atoms with van der Waals surface area (Å²) in [7, 11) is 0. The van der Waals surface area contributed by atoms with E-state index in [0.29, 0.717) is 10.6 Å². The fourth-order valence-electron chi connectivity index (χ4n) is 2.58. The molecular weight excluding hydrogens is 343 g/mol. The van der Waals surface area contributed by atoms with E-state index in [0.717, 1.165) is 11.3 Å². The molecule has 130 valence electrons. The van der Waals surface area contributed by atoms with Gasteiger partial charge in [-0.05, 0) is 42.3 Å². The van der Waals surface area contributed by atoms with Gasteiger partial charge in [-0.2, -0.15) is 5.10 Å². The topological polar surface area (TPSA) is 63.0 Å². The van der Waals surface area contributed by atoms with Crippen molar-refractivity contribution in [3.8, 4) is 5.69 Å². The average Bonchev–Trinajstić information content (AvgIpc) is 3.14. The van der Waals surface area contributed by atoms with Gasteiger partial charge in [-0.15, -0.1) is 0 Å². The number of aliphatic hydroxyl groups excluding tert-OH is 1. The Hall–Kier alpha value is -2.28. The maximum absolute atomic E-state index is 13.2. The molecule has 0 aliphatic heterocycles. The van der Waals surface area contributed by atoms with Crippen LogP contribution in [0.3, 0.4) is 0 Å². The van der Waals surface area contributed by atoms with E-state index in [2.05, 4.69) is 15.4 Å². The lowest BCUT2D eigenvalue weighted by atomic mass is 10.1. The molecule has 2 atom stereocenters. The van der Waals surface area contributed by atoms with Gasteiger partial charge >= 0.3 is 0 Å². The lowest BCUT2D eigenvalue weighted by Crippen LogP contribution is -2.25. The van der Waals surface area contributed by atoms with E-state index in [-0.39, 0.29) is 18.4 Å². The number of halogens is 2. The van der Waals surface area contributed by atoms with Crippen LogP contribution in [0.5, 0.6) is 0 Å². The predicted octanol–water partition coefficient (Wildman–Crippen LogP) is 3.44. The van der Waals surface area contributed by atoms with E-state index in [1.54, 1.807) is 23.1 Å². The molecule has 0 aliphatic carbocycles. The summed E-state index contributed by atoms with van der Waals surface area (Å²) in [6.45, 7) is 2.24. The molecule has 2 unspecified atom stereocenters. The van der Waals surface area contributed by atoms with Crippen molar-refractivity contribution in [2.24, 2.45) is 0 Å². The molecule has 25 heavy (non-hydrogen) atoms. The molecule has 3 aromatic rings. The number of hydrogen-bond donors (Lipinski definition) is 2. The second kappa shape index (κ2) is 7.74. The van der Waals surface area contributed by atoms with Crippen LogP contribution in [0.4, 0.5) is 4.39 Å². The zero-order chi connectivity index (χ0) is 17.8. The van der Waals surface area contributed by atoms with Crippen LogP contribution in [0.15, 0.2) is 55.1 Å². The predicted molar refractivity (Wildman–Crippen MR) is 94.1 cm³/mol. The Bertz CT molecular complexity index is 841. The zero-order valence-corrected chi connectivity index (χ0v) is 14.4. The Morgan fingerprint density at radius 3 is 2.80 bits per heavy atom. The summed E-state index contributed by atoms with van der Waals surface area (Å²) in [5.41, 5.74) is 2.25. The number of aromatic nitrogens is 3. The average molecular weight is 361 g/mol. The third kappa shape index (κ3) is 4.22. The zero-order valence-electron chi connectivity index (χ0n) is 13.6. The highest BCUT2D eigenvalue weighted by molar-refractivity contribution is 6.31. The van der Waals surface area contributed by atoms with Crippen LogP contribution in [-0.2, 0) is 0 Å². The van der Waals surface area contributed by atoms with Gasteiger partial charge in [0.05, 0.1) is 11.8 Å². The van der Waals surface area contributed by atoms with Crippen LogP contribution in [0.25, 0.3) is 5.69 Å². The maximum Gasteiger partial charge on any atom is 0.138 e. The fraction of sp³-hybridized carbons (Fsp3) is 0.222. The number of rotatable bonds is 6. The van der Waals surface area contributed by atoms with Crippen molar-refractivity contribution in [1.29, 1.82) is 0 Å². The van der Waals surface area contributed by atoms with Gasteiger partial charge in [0.1, 0.15) is 18.5 Å². The SMILES string of the molecule is CC(NCC(O)c1cccc(F)c1)c1ccc(-n2cncn2)cc1Cl. The summed E-state index contributed by atoms with van der Waals surface area (Å²) in [6.07, 6.45) is 2.26. The van der Waals surface area contributed by atoms with Crippen molar-refractivity contribution in [3.05, 3.63) is 77.1 Å². The van der Waals surface area contributed by atoms with E-state index in [4.69, 9.17) is 11.6 Å². The summed E-state index contributed by atoms with van der Waals surface area (Å²) in [6, 6.07) is 11.5. The highest BCUT2D eigenvalue weighted by Gasteiger charge is 2.14. The third-order valence-electron chi connectivity index (χ3n) is 3.98. The van der Waals surface area contributed by atoms with Gasteiger partial charge < -0.3 is 10.4 Å². The highest BCUT2D eigenvalue weighted by atomic mass is 35.5. The van der Waals surface area contributed by atoms with E-state index < -0.39 is 6.10 Å². The minimum absolute atomic E-state index is 0.0829. The molecule has 0 bridgehead atoms. The smallest absolute Gasteiger partial charge is 0.138 e. The Kier molecular flexibility index (Phi) is 5.43. The molecule has 5 nitrogen and oxygen atoms in total. The van der Waals surface area contributed by atoms with Gasteiger partial charge in [0.25, 0.3) is 0 Å². The van der Waals surface area contributed by atoms with Crippen molar-refractivity contribution >= 4 is 11.6 Å². The summed E-state index contributed by atoms with van der Waals surface area (Å²) in [5.74, 6) is -0.364. The Morgan fingerprint density at radius 2 is 2.12 bits per heavy atom. The van der Waals surface area contributed by atoms with Crippen LogP contribution in [-0.4, -0.2) is 26.4 Å². The lowest BCUT2D eigenvalue weighted by molar-refractivity contribution is 0.170. The van der Waals surface area contributed by atoms with Crippen LogP contribution in [0.1, 0.15) is 30.2 Å². The first kappa shape index (κ1) is 17.5. The summed E-state index contributed by atoms with van der Waals surface area (Å²) >= 11 is 6.38. The largest absolute Gasteiger partial charge is 0.387 e. The second-order valence-electron chi connectivity index (χ2n) is 5.75. The molecule has 7 heteroatoms. The van der Waals surface area contributed by atoms with Gasteiger partial charge in [-0.1, -0.05) is 29.8 Å². The van der Waals surface area contributed by atoms with Gasteiger partial charge in [0, 0.05) is 17.6 Å². The number of aliphatic hydroxyl groups is 1. The number of nitrogens with one attached hydrogen (secondary N) is 1. The van der Waals surface area contributed by atoms with Crippen LogP contribution in [0, 0.1) is 5.82 Å². The van der Waals surface area contributed by atoms with Crippen LogP contribution >= 0.6 is 11.6 Å².